The third-order valence-electron chi connectivity index (χ3n) is 3.83. The van der Waals surface area contributed by atoms with E-state index in [2.05, 4.69) is 67.1 Å². The molecule has 2 nitrogen and oxygen atoms in total. The maximum absolute atomic E-state index is 5.59. The molecule has 2 aromatic carbocycles. The van der Waals surface area contributed by atoms with Crippen LogP contribution >= 0.6 is 0 Å². The van der Waals surface area contributed by atoms with Gasteiger partial charge in [-0.25, -0.2) is 0 Å². The molecule has 3 rings (SSSR count). The Labute approximate surface area is 119 Å². The lowest BCUT2D eigenvalue weighted by atomic mass is 10.0. The van der Waals surface area contributed by atoms with Gasteiger partial charge < -0.3 is 4.74 Å². The Hall–Kier alpha value is -2.35. The molecule has 0 atom stereocenters. The topological polar surface area (TPSA) is 13.1 Å². The lowest BCUT2D eigenvalue weighted by Crippen LogP contribution is -2.34. The van der Waals surface area contributed by atoms with E-state index in [-0.39, 0.29) is 0 Å². The van der Waals surface area contributed by atoms with Crippen LogP contribution in [0.15, 0.2) is 54.6 Å². The van der Waals surface area contributed by atoms with Gasteiger partial charge in [0, 0.05) is 19.1 Å². The average molecular weight is 264 g/mol. The molecule has 0 spiro atoms. The Kier molecular flexibility index (Phi) is 3.15. The van der Waals surface area contributed by atoms with Crippen LogP contribution in [-0.4, -0.2) is 7.11 Å². The number of ether oxygens (including phenoxy) is 1. The maximum atomic E-state index is 5.59. The van der Waals surface area contributed by atoms with Gasteiger partial charge in [0.2, 0.25) is 5.69 Å². The van der Waals surface area contributed by atoms with Gasteiger partial charge in [0.15, 0.2) is 5.69 Å². The van der Waals surface area contributed by atoms with E-state index in [9.17, 15) is 0 Å². The summed E-state index contributed by atoms with van der Waals surface area (Å²) in [6.45, 7) is 2.11. The minimum absolute atomic E-state index is 0.907. The first-order chi connectivity index (χ1) is 9.70. The van der Waals surface area contributed by atoms with Gasteiger partial charge in [-0.2, -0.15) is 4.57 Å². The molecule has 20 heavy (non-hydrogen) atoms. The Bertz CT molecular complexity index is 777. The molecule has 0 amide bonds. The van der Waals surface area contributed by atoms with Crippen LogP contribution in [0.4, 0.5) is 0 Å². The van der Waals surface area contributed by atoms with Crippen LogP contribution in [0.2, 0.25) is 0 Å². The summed E-state index contributed by atoms with van der Waals surface area (Å²) in [4.78, 5) is 0. The van der Waals surface area contributed by atoms with Crippen LogP contribution in [0.1, 0.15) is 5.69 Å². The summed E-state index contributed by atoms with van der Waals surface area (Å²) in [5.74, 6) is 0.907. The number of fused-ring (bicyclic) bond motifs is 1. The number of aromatic nitrogens is 1. The number of hydrogen-bond acceptors (Lipinski definition) is 1. The van der Waals surface area contributed by atoms with Crippen molar-refractivity contribution in [3.63, 3.8) is 0 Å². The van der Waals surface area contributed by atoms with E-state index in [0.717, 1.165) is 17.0 Å². The number of hydrogen-bond donors (Lipinski definition) is 0. The maximum Gasteiger partial charge on any atom is 0.216 e. The van der Waals surface area contributed by atoms with E-state index in [1.54, 1.807) is 7.11 Å². The first-order valence-corrected chi connectivity index (χ1v) is 6.73. The molecule has 100 valence electrons. The zero-order valence-corrected chi connectivity index (χ0v) is 12.1. The van der Waals surface area contributed by atoms with E-state index < -0.39 is 0 Å². The van der Waals surface area contributed by atoms with Gasteiger partial charge in [-0.3, -0.25) is 0 Å². The van der Waals surface area contributed by atoms with Gasteiger partial charge >= 0.3 is 0 Å². The fourth-order valence-electron chi connectivity index (χ4n) is 2.55. The second-order valence-corrected chi connectivity index (χ2v) is 5.01. The minimum atomic E-state index is 0.907. The summed E-state index contributed by atoms with van der Waals surface area (Å²) in [7, 11) is 3.81. The second kappa shape index (κ2) is 4.97. The summed E-state index contributed by atoms with van der Waals surface area (Å²) in [5.41, 5.74) is 3.50. The fourth-order valence-corrected chi connectivity index (χ4v) is 2.55. The third kappa shape index (κ3) is 2.03. The molecule has 0 aliphatic heterocycles. The largest absolute Gasteiger partial charge is 0.496 e. The molecule has 0 fully saturated rings. The Morgan fingerprint density at radius 3 is 2.30 bits per heavy atom. The molecular formula is C18H18NO+. The monoisotopic (exact) mass is 264 g/mol. The Morgan fingerprint density at radius 2 is 1.60 bits per heavy atom. The van der Waals surface area contributed by atoms with Crippen molar-refractivity contribution in [1.29, 1.82) is 0 Å². The molecular weight excluding hydrogens is 246 g/mol. The molecule has 0 saturated carbocycles. The van der Waals surface area contributed by atoms with E-state index >= 15 is 0 Å². The standard InChI is InChI=1S/C18H18NO/c1-13-7-6-10-17(19(13)2)16-11-14-8-4-5-9-15(14)12-18(16)20-3/h4-12H,1-3H3/q+1. The van der Waals surface area contributed by atoms with Gasteiger partial charge in [0.25, 0.3) is 0 Å². The summed E-state index contributed by atoms with van der Waals surface area (Å²) in [5, 5.41) is 2.42. The van der Waals surface area contributed by atoms with Gasteiger partial charge in [-0.1, -0.05) is 24.3 Å². The van der Waals surface area contributed by atoms with Crippen molar-refractivity contribution in [1.82, 2.24) is 0 Å². The summed E-state index contributed by atoms with van der Waals surface area (Å²) in [6.07, 6.45) is 0. The van der Waals surface area contributed by atoms with E-state index in [4.69, 9.17) is 4.74 Å². The summed E-state index contributed by atoms with van der Waals surface area (Å²) in [6, 6.07) is 19.0. The highest BCUT2D eigenvalue weighted by atomic mass is 16.5. The fraction of sp³-hybridized carbons (Fsp3) is 0.167. The average Bonchev–Trinajstić information content (AvgIpc) is 2.48. The lowest BCUT2D eigenvalue weighted by Gasteiger charge is -2.10. The van der Waals surface area contributed by atoms with E-state index in [0.29, 0.717) is 0 Å². The van der Waals surface area contributed by atoms with Gasteiger partial charge in [-0.15, -0.1) is 0 Å². The summed E-state index contributed by atoms with van der Waals surface area (Å²) < 4.78 is 7.78. The SMILES string of the molecule is COc1cc2ccccc2cc1-c1cccc(C)[n+]1C. The predicted octanol–water partition coefficient (Wildman–Crippen LogP) is 3.65. The number of nitrogens with zero attached hydrogens (tertiary/aromatic N) is 1. The van der Waals surface area contributed by atoms with Crippen molar-refractivity contribution >= 4 is 10.8 Å². The molecule has 1 aromatic heterocycles. The van der Waals surface area contributed by atoms with Crippen molar-refractivity contribution in [2.45, 2.75) is 6.92 Å². The highest BCUT2D eigenvalue weighted by Crippen LogP contribution is 2.32. The van der Waals surface area contributed by atoms with Crippen LogP contribution < -0.4 is 9.30 Å². The predicted molar refractivity (Wildman–Crippen MR) is 81.8 cm³/mol. The number of rotatable bonds is 2. The van der Waals surface area contributed by atoms with Crippen molar-refractivity contribution in [3.05, 3.63) is 60.3 Å². The second-order valence-electron chi connectivity index (χ2n) is 5.01. The molecule has 0 bridgehead atoms. The van der Waals surface area contributed by atoms with E-state index in [1.807, 2.05) is 6.07 Å². The smallest absolute Gasteiger partial charge is 0.216 e. The number of benzene rings is 2. The molecule has 0 N–H and O–H groups in total. The zero-order chi connectivity index (χ0) is 14.1. The zero-order valence-electron chi connectivity index (χ0n) is 12.1. The van der Waals surface area contributed by atoms with Crippen LogP contribution in [0.5, 0.6) is 5.75 Å². The molecule has 0 saturated heterocycles. The van der Waals surface area contributed by atoms with Crippen LogP contribution in [-0.2, 0) is 7.05 Å². The molecule has 1 heterocycles. The molecule has 2 heteroatoms. The van der Waals surface area contributed by atoms with Crippen LogP contribution in [0.3, 0.4) is 0 Å². The van der Waals surface area contributed by atoms with Crippen molar-refractivity contribution in [3.8, 4) is 17.0 Å². The van der Waals surface area contributed by atoms with Gasteiger partial charge in [-0.05, 0) is 29.0 Å². The molecule has 0 aliphatic carbocycles. The van der Waals surface area contributed by atoms with E-state index in [1.165, 1.54) is 16.5 Å². The van der Waals surface area contributed by atoms with Crippen LogP contribution in [0.25, 0.3) is 22.0 Å². The molecule has 3 aromatic rings. The van der Waals surface area contributed by atoms with Crippen LogP contribution in [0, 0.1) is 6.92 Å². The first-order valence-electron chi connectivity index (χ1n) is 6.73. The molecule has 0 unspecified atom stereocenters. The Morgan fingerprint density at radius 1 is 0.900 bits per heavy atom. The number of pyridine rings is 1. The normalized spacial score (nSPS) is 10.8. The lowest BCUT2D eigenvalue weighted by molar-refractivity contribution is -0.666. The molecule has 0 aliphatic rings. The van der Waals surface area contributed by atoms with Gasteiger partial charge in [0.05, 0.1) is 12.7 Å². The van der Waals surface area contributed by atoms with Crippen molar-refractivity contribution < 1.29 is 9.30 Å². The minimum Gasteiger partial charge on any atom is -0.496 e. The first kappa shape index (κ1) is 12.7. The van der Waals surface area contributed by atoms with Crippen molar-refractivity contribution in [2.24, 2.45) is 7.05 Å². The number of aryl methyl sites for hydroxylation is 1. The highest BCUT2D eigenvalue weighted by Gasteiger charge is 2.16. The summed E-state index contributed by atoms with van der Waals surface area (Å²) >= 11 is 0. The van der Waals surface area contributed by atoms with Gasteiger partial charge in [0.1, 0.15) is 12.8 Å². The molecule has 0 radical (unpaired) electrons. The third-order valence-corrected chi connectivity index (χ3v) is 3.83. The highest BCUT2D eigenvalue weighted by molar-refractivity contribution is 5.89. The van der Waals surface area contributed by atoms with Crippen molar-refractivity contribution in [2.75, 3.05) is 7.11 Å². The number of methoxy groups -OCH3 is 1. The Balaban J connectivity index is 2.31. The quantitative estimate of drug-likeness (QED) is 0.644.